The Labute approximate surface area is 148 Å². The Morgan fingerprint density at radius 2 is 2.00 bits per heavy atom. The highest BCUT2D eigenvalue weighted by Crippen LogP contribution is 2.38. The number of carbonyl (C=O) groups excluding carboxylic acids is 3. The number of carbonyl (C=O) groups is 3. The van der Waals surface area contributed by atoms with Crippen LogP contribution >= 0.6 is 11.8 Å². The van der Waals surface area contributed by atoms with Crippen molar-refractivity contribution in [1.29, 1.82) is 0 Å². The lowest BCUT2D eigenvalue weighted by molar-refractivity contribution is -0.150. The van der Waals surface area contributed by atoms with E-state index in [0.29, 0.717) is 12.8 Å². The van der Waals surface area contributed by atoms with Crippen molar-refractivity contribution in [3.05, 3.63) is 11.3 Å². The Bertz CT molecular complexity index is 512. The van der Waals surface area contributed by atoms with Crippen molar-refractivity contribution < 1.29 is 24.2 Å². The molecule has 0 fully saturated rings. The molecule has 6 heteroatoms. The molecule has 0 aromatic heterocycles. The van der Waals surface area contributed by atoms with Gasteiger partial charge in [-0.25, -0.2) is 0 Å². The summed E-state index contributed by atoms with van der Waals surface area (Å²) in [7, 11) is 0. The summed E-state index contributed by atoms with van der Waals surface area (Å²) in [6.45, 7) is 7.81. The molecule has 3 atom stereocenters. The largest absolute Gasteiger partial charge is 0.510 e. The van der Waals surface area contributed by atoms with Crippen molar-refractivity contribution in [2.24, 2.45) is 11.8 Å². The first-order valence-corrected chi connectivity index (χ1v) is 9.69. The molecule has 0 bridgehead atoms. The van der Waals surface area contributed by atoms with Gasteiger partial charge in [-0.15, -0.1) is 0 Å². The van der Waals surface area contributed by atoms with Crippen LogP contribution in [0.25, 0.3) is 0 Å². The van der Waals surface area contributed by atoms with Gasteiger partial charge in [-0.05, 0) is 31.4 Å². The van der Waals surface area contributed by atoms with Crippen molar-refractivity contribution >= 4 is 29.3 Å². The Morgan fingerprint density at radius 1 is 1.33 bits per heavy atom. The quantitative estimate of drug-likeness (QED) is 0.503. The lowest BCUT2D eigenvalue weighted by Crippen LogP contribution is -2.38. The first-order chi connectivity index (χ1) is 11.4. The molecule has 1 rings (SSSR count). The summed E-state index contributed by atoms with van der Waals surface area (Å²) >= 11 is 1.74. The number of esters is 1. The SMILES string of the molecule is CCCC(=O)C1=C(O)[C@H](C(=O)OCC)[C@H](C[C@@H](C)SCC)CC1=O. The molecule has 0 aliphatic heterocycles. The van der Waals surface area contributed by atoms with E-state index in [-0.39, 0.29) is 53.5 Å². The van der Waals surface area contributed by atoms with Crippen LogP contribution in [0.4, 0.5) is 0 Å². The molecule has 24 heavy (non-hydrogen) atoms. The van der Waals surface area contributed by atoms with E-state index in [9.17, 15) is 19.5 Å². The fraction of sp³-hybridized carbons (Fsp3) is 0.722. The minimum absolute atomic E-state index is 0.104. The van der Waals surface area contributed by atoms with Crippen LogP contribution in [0.1, 0.15) is 53.4 Å². The average Bonchev–Trinajstić information content (AvgIpc) is 2.47. The number of aliphatic hydroxyl groups is 1. The molecule has 0 saturated carbocycles. The smallest absolute Gasteiger partial charge is 0.316 e. The van der Waals surface area contributed by atoms with Crippen molar-refractivity contribution in [3.63, 3.8) is 0 Å². The highest BCUT2D eigenvalue weighted by molar-refractivity contribution is 7.99. The van der Waals surface area contributed by atoms with Gasteiger partial charge in [-0.2, -0.15) is 11.8 Å². The maximum absolute atomic E-state index is 12.4. The maximum atomic E-state index is 12.4. The molecular formula is C18H28O5S. The second-order valence-corrected chi connectivity index (χ2v) is 7.77. The van der Waals surface area contributed by atoms with E-state index in [0.717, 1.165) is 5.75 Å². The van der Waals surface area contributed by atoms with Crippen LogP contribution in [0, 0.1) is 11.8 Å². The average molecular weight is 356 g/mol. The lowest BCUT2D eigenvalue weighted by Gasteiger charge is -2.31. The number of rotatable bonds is 9. The van der Waals surface area contributed by atoms with Gasteiger partial charge in [0.1, 0.15) is 11.7 Å². The molecule has 5 nitrogen and oxygen atoms in total. The fourth-order valence-electron chi connectivity index (χ4n) is 3.16. The number of ketones is 2. The van der Waals surface area contributed by atoms with Crippen LogP contribution in [-0.4, -0.2) is 40.3 Å². The van der Waals surface area contributed by atoms with Crippen molar-refractivity contribution in [1.82, 2.24) is 0 Å². The van der Waals surface area contributed by atoms with Gasteiger partial charge in [0.05, 0.1) is 12.2 Å². The van der Waals surface area contributed by atoms with Crippen molar-refractivity contribution in [2.75, 3.05) is 12.4 Å². The van der Waals surface area contributed by atoms with Crippen molar-refractivity contribution in [2.45, 2.75) is 58.6 Å². The Hall–Kier alpha value is -1.30. The normalized spacial score (nSPS) is 22.4. The van der Waals surface area contributed by atoms with E-state index >= 15 is 0 Å². The Balaban J connectivity index is 3.17. The van der Waals surface area contributed by atoms with E-state index < -0.39 is 11.9 Å². The number of hydrogen-bond acceptors (Lipinski definition) is 6. The fourth-order valence-corrected chi connectivity index (χ4v) is 4.12. The molecular weight excluding hydrogens is 328 g/mol. The molecule has 0 heterocycles. The number of ether oxygens (including phenoxy) is 1. The number of allylic oxidation sites excluding steroid dienone is 1. The highest BCUT2D eigenvalue weighted by Gasteiger charge is 2.43. The number of thioether (sulfide) groups is 1. The van der Waals surface area contributed by atoms with Gasteiger partial charge in [0.25, 0.3) is 0 Å². The lowest BCUT2D eigenvalue weighted by atomic mass is 9.75. The van der Waals surface area contributed by atoms with Crippen LogP contribution in [-0.2, 0) is 19.1 Å². The van der Waals surface area contributed by atoms with Crippen LogP contribution in [0.2, 0.25) is 0 Å². The molecule has 0 aromatic rings. The molecule has 0 spiro atoms. The third kappa shape index (κ3) is 5.10. The van der Waals surface area contributed by atoms with Crippen LogP contribution in [0.15, 0.2) is 11.3 Å². The summed E-state index contributed by atoms with van der Waals surface area (Å²) < 4.78 is 5.08. The van der Waals surface area contributed by atoms with Gasteiger partial charge in [0, 0.05) is 18.1 Å². The third-order valence-electron chi connectivity index (χ3n) is 4.13. The van der Waals surface area contributed by atoms with Crippen molar-refractivity contribution in [3.8, 4) is 0 Å². The highest BCUT2D eigenvalue weighted by atomic mass is 32.2. The van der Waals surface area contributed by atoms with Gasteiger partial charge >= 0.3 is 5.97 Å². The van der Waals surface area contributed by atoms with Crippen LogP contribution in [0.5, 0.6) is 0 Å². The number of Topliss-reactive ketones (excluding diaryl/α,β-unsaturated/α-hetero) is 2. The third-order valence-corrected chi connectivity index (χ3v) is 5.23. The predicted molar refractivity (Wildman–Crippen MR) is 95.0 cm³/mol. The first kappa shape index (κ1) is 20.7. The molecule has 0 aromatic carbocycles. The van der Waals surface area contributed by atoms with E-state index in [1.54, 1.807) is 18.7 Å². The van der Waals surface area contributed by atoms with E-state index in [2.05, 4.69) is 6.92 Å². The van der Waals surface area contributed by atoms with E-state index in [4.69, 9.17) is 4.74 Å². The molecule has 1 N–H and O–H groups in total. The topological polar surface area (TPSA) is 80.7 Å². The summed E-state index contributed by atoms with van der Waals surface area (Å²) in [4.78, 5) is 36.9. The summed E-state index contributed by atoms with van der Waals surface area (Å²) in [5, 5.41) is 10.8. The van der Waals surface area contributed by atoms with Gasteiger partial charge in [0.15, 0.2) is 11.6 Å². The summed E-state index contributed by atoms with van der Waals surface area (Å²) in [6.07, 6.45) is 1.49. The Morgan fingerprint density at radius 3 is 2.54 bits per heavy atom. The summed E-state index contributed by atoms with van der Waals surface area (Å²) in [5.41, 5.74) is -0.193. The molecule has 1 aliphatic rings. The molecule has 0 radical (unpaired) electrons. The summed E-state index contributed by atoms with van der Waals surface area (Å²) in [6, 6.07) is 0. The van der Waals surface area contributed by atoms with Crippen LogP contribution in [0.3, 0.4) is 0 Å². The monoisotopic (exact) mass is 356 g/mol. The Kier molecular flexibility index (Phi) is 8.53. The second-order valence-electron chi connectivity index (χ2n) is 6.05. The minimum atomic E-state index is -0.918. The predicted octanol–water partition coefficient (Wildman–Crippen LogP) is 3.47. The van der Waals surface area contributed by atoms with Gasteiger partial charge in [-0.1, -0.05) is 20.8 Å². The maximum Gasteiger partial charge on any atom is 0.316 e. The van der Waals surface area contributed by atoms with E-state index in [1.807, 2.05) is 13.8 Å². The van der Waals surface area contributed by atoms with Gasteiger partial charge < -0.3 is 9.84 Å². The van der Waals surface area contributed by atoms with E-state index in [1.165, 1.54) is 0 Å². The molecule has 136 valence electrons. The number of aliphatic hydroxyl groups excluding tert-OH is 1. The first-order valence-electron chi connectivity index (χ1n) is 8.64. The standard InChI is InChI=1S/C18H28O5S/c1-5-8-13(19)16-14(20)10-12(9-11(4)24-7-3)15(17(16)21)18(22)23-6-2/h11-12,15,21H,5-10H2,1-4H3/t11-,12-,15-/m1/s1. The zero-order valence-electron chi connectivity index (χ0n) is 15.0. The second kappa shape index (κ2) is 9.87. The molecule has 0 amide bonds. The zero-order valence-corrected chi connectivity index (χ0v) is 15.8. The van der Waals surface area contributed by atoms with Gasteiger partial charge in [0.2, 0.25) is 0 Å². The number of hydrogen-bond donors (Lipinski definition) is 1. The van der Waals surface area contributed by atoms with Crippen LogP contribution < -0.4 is 0 Å². The summed E-state index contributed by atoms with van der Waals surface area (Å²) in [5.74, 6) is -1.99. The molecule has 0 unspecified atom stereocenters. The van der Waals surface area contributed by atoms with Gasteiger partial charge in [-0.3, -0.25) is 14.4 Å². The molecule has 0 saturated heterocycles. The molecule has 1 aliphatic carbocycles. The zero-order chi connectivity index (χ0) is 18.3. The minimum Gasteiger partial charge on any atom is -0.510 e.